The van der Waals surface area contributed by atoms with Gasteiger partial charge in [-0.25, -0.2) is 9.98 Å². The van der Waals surface area contributed by atoms with Crippen LogP contribution in [0.4, 0.5) is 5.82 Å². The highest BCUT2D eigenvalue weighted by molar-refractivity contribution is 14.0. The number of hydrogen-bond acceptors (Lipinski definition) is 4. The van der Waals surface area contributed by atoms with E-state index in [4.69, 9.17) is 4.99 Å². The number of rotatable bonds is 8. The number of guanidine groups is 1. The molecule has 2 heterocycles. The molecular weight excluding hydrogens is 481 g/mol. The Morgan fingerprint density at radius 1 is 1.14 bits per heavy atom. The number of thioether (sulfide) groups is 1. The molecule has 0 spiro atoms. The molecule has 0 saturated carbocycles. The van der Waals surface area contributed by atoms with Gasteiger partial charge in [-0.05, 0) is 49.6 Å². The molecule has 0 radical (unpaired) electrons. The number of hydrogen-bond donors (Lipinski definition) is 2. The second-order valence-electron chi connectivity index (χ2n) is 6.50. The zero-order chi connectivity index (χ0) is 18.7. The van der Waals surface area contributed by atoms with Crippen molar-refractivity contribution in [3.63, 3.8) is 0 Å². The summed E-state index contributed by atoms with van der Waals surface area (Å²) >= 11 is 1.85. The average Bonchev–Trinajstić information content (AvgIpc) is 3.25. The monoisotopic (exact) mass is 511 g/mol. The number of pyridine rings is 1. The summed E-state index contributed by atoms with van der Waals surface area (Å²) in [5.41, 5.74) is 1.20. The van der Waals surface area contributed by atoms with Crippen LogP contribution < -0.4 is 15.5 Å². The van der Waals surface area contributed by atoms with Gasteiger partial charge >= 0.3 is 0 Å². The van der Waals surface area contributed by atoms with Gasteiger partial charge in [0, 0.05) is 43.0 Å². The minimum atomic E-state index is 0. The SMILES string of the molecule is CCNC(=NCc1ccnc(N2CCCC2)c1)NCCSc1ccccc1.I. The Labute approximate surface area is 189 Å². The van der Waals surface area contributed by atoms with Crippen molar-refractivity contribution in [2.24, 2.45) is 4.99 Å². The highest BCUT2D eigenvalue weighted by Crippen LogP contribution is 2.19. The fraction of sp³-hybridized carbons (Fsp3) is 0.429. The molecule has 1 fully saturated rings. The van der Waals surface area contributed by atoms with Crippen LogP contribution in [0.15, 0.2) is 58.5 Å². The normalized spacial score (nSPS) is 13.9. The summed E-state index contributed by atoms with van der Waals surface area (Å²) in [7, 11) is 0. The Morgan fingerprint density at radius 3 is 2.68 bits per heavy atom. The predicted octanol–water partition coefficient (Wildman–Crippen LogP) is 4.15. The van der Waals surface area contributed by atoms with Crippen molar-refractivity contribution in [3.05, 3.63) is 54.2 Å². The fourth-order valence-electron chi connectivity index (χ4n) is 3.05. The van der Waals surface area contributed by atoms with Crippen molar-refractivity contribution in [1.82, 2.24) is 15.6 Å². The molecule has 0 amide bonds. The van der Waals surface area contributed by atoms with Gasteiger partial charge in [0.25, 0.3) is 0 Å². The van der Waals surface area contributed by atoms with Crippen molar-refractivity contribution in [1.29, 1.82) is 0 Å². The van der Waals surface area contributed by atoms with E-state index < -0.39 is 0 Å². The first kappa shape index (κ1) is 22.8. The van der Waals surface area contributed by atoms with Crippen LogP contribution in [0.25, 0.3) is 0 Å². The molecule has 1 saturated heterocycles. The van der Waals surface area contributed by atoms with Crippen molar-refractivity contribution >= 4 is 47.5 Å². The molecule has 1 aliphatic heterocycles. The second kappa shape index (κ2) is 12.9. The van der Waals surface area contributed by atoms with E-state index in [1.165, 1.54) is 23.3 Å². The molecule has 0 bridgehead atoms. The zero-order valence-corrected chi connectivity index (χ0v) is 19.6. The van der Waals surface area contributed by atoms with Crippen LogP contribution in [-0.2, 0) is 6.54 Å². The number of aliphatic imine (C=N–C) groups is 1. The molecular formula is C21H30IN5S. The third-order valence-electron chi connectivity index (χ3n) is 4.41. The molecule has 1 aliphatic rings. The predicted molar refractivity (Wildman–Crippen MR) is 131 cm³/mol. The lowest BCUT2D eigenvalue weighted by Gasteiger charge is -2.16. The van der Waals surface area contributed by atoms with Gasteiger partial charge in [-0.1, -0.05) is 18.2 Å². The number of nitrogens with one attached hydrogen (secondary N) is 2. The van der Waals surface area contributed by atoms with E-state index in [-0.39, 0.29) is 24.0 Å². The third kappa shape index (κ3) is 7.50. The van der Waals surface area contributed by atoms with Gasteiger partial charge < -0.3 is 15.5 Å². The van der Waals surface area contributed by atoms with Crippen LogP contribution in [0.2, 0.25) is 0 Å². The highest BCUT2D eigenvalue weighted by atomic mass is 127. The summed E-state index contributed by atoms with van der Waals surface area (Å²) in [4.78, 5) is 12.9. The molecule has 1 aromatic carbocycles. The maximum absolute atomic E-state index is 4.73. The summed E-state index contributed by atoms with van der Waals surface area (Å²) in [6.45, 7) is 6.71. The molecule has 28 heavy (non-hydrogen) atoms. The standard InChI is InChI=1S/C21H29N5S.HI/c1-2-22-21(24-12-15-27-19-8-4-3-5-9-19)25-17-18-10-11-23-20(16-18)26-13-6-7-14-26;/h3-5,8-11,16H,2,6-7,12-15,17H2,1H3,(H2,22,24,25);1H. The van der Waals surface area contributed by atoms with Crippen molar-refractivity contribution in [3.8, 4) is 0 Å². The summed E-state index contributed by atoms with van der Waals surface area (Å²) in [5, 5.41) is 6.75. The van der Waals surface area contributed by atoms with E-state index in [0.29, 0.717) is 6.54 Å². The van der Waals surface area contributed by atoms with Crippen molar-refractivity contribution in [2.45, 2.75) is 31.2 Å². The van der Waals surface area contributed by atoms with Crippen molar-refractivity contribution in [2.75, 3.05) is 36.8 Å². The molecule has 7 heteroatoms. The number of halogens is 1. The first-order valence-corrected chi connectivity index (χ1v) is 10.7. The van der Waals surface area contributed by atoms with Gasteiger partial charge in [-0.3, -0.25) is 0 Å². The van der Waals surface area contributed by atoms with E-state index in [2.05, 4.69) is 63.8 Å². The number of aromatic nitrogens is 1. The fourth-order valence-corrected chi connectivity index (χ4v) is 3.83. The van der Waals surface area contributed by atoms with Crippen LogP contribution >= 0.6 is 35.7 Å². The first-order valence-electron chi connectivity index (χ1n) is 9.75. The van der Waals surface area contributed by atoms with E-state index in [1.54, 1.807) is 0 Å². The van der Waals surface area contributed by atoms with Crippen LogP contribution in [0.1, 0.15) is 25.3 Å². The van der Waals surface area contributed by atoms with Gasteiger partial charge in [0.05, 0.1) is 6.54 Å². The number of benzene rings is 1. The third-order valence-corrected chi connectivity index (χ3v) is 5.42. The van der Waals surface area contributed by atoms with Gasteiger partial charge in [-0.2, -0.15) is 0 Å². The lowest BCUT2D eigenvalue weighted by molar-refractivity contribution is 0.841. The minimum absolute atomic E-state index is 0. The largest absolute Gasteiger partial charge is 0.357 e. The highest BCUT2D eigenvalue weighted by Gasteiger charge is 2.13. The van der Waals surface area contributed by atoms with Crippen LogP contribution in [0, 0.1) is 0 Å². The van der Waals surface area contributed by atoms with Gasteiger partial charge in [0.15, 0.2) is 5.96 Å². The smallest absolute Gasteiger partial charge is 0.191 e. The molecule has 3 rings (SSSR count). The summed E-state index contributed by atoms with van der Waals surface area (Å²) in [6, 6.07) is 14.7. The molecule has 1 aromatic heterocycles. The van der Waals surface area contributed by atoms with Gasteiger partial charge in [0.2, 0.25) is 0 Å². The Bertz CT molecular complexity index is 720. The van der Waals surface area contributed by atoms with E-state index in [0.717, 1.165) is 43.7 Å². The maximum Gasteiger partial charge on any atom is 0.191 e. The molecule has 0 atom stereocenters. The molecule has 0 unspecified atom stereocenters. The Balaban J connectivity index is 0.00000280. The first-order chi connectivity index (χ1) is 13.3. The molecule has 2 N–H and O–H groups in total. The van der Waals surface area contributed by atoms with Gasteiger partial charge in [0.1, 0.15) is 5.82 Å². The molecule has 2 aromatic rings. The maximum atomic E-state index is 4.73. The van der Waals surface area contributed by atoms with Crippen LogP contribution in [0.3, 0.4) is 0 Å². The summed E-state index contributed by atoms with van der Waals surface area (Å²) in [5.74, 6) is 2.95. The molecule has 5 nitrogen and oxygen atoms in total. The Morgan fingerprint density at radius 2 is 1.93 bits per heavy atom. The minimum Gasteiger partial charge on any atom is -0.357 e. The summed E-state index contributed by atoms with van der Waals surface area (Å²) in [6.07, 6.45) is 4.43. The topological polar surface area (TPSA) is 52.6 Å². The average molecular weight is 511 g/mol. The van der Waals surface area contributed by atoms with Crippen LogP contribution in [-0.4, -0.2) is 42.9 Å². The lowest BCUT2D eigenvalue weighted by atomic mass is 10.2. The second-order valence-corrected chi connectivity index (χ2v) is 7.67. The quantitative estimate of drug-likeness (QED) is 0.184. The zero-order valence-electron chi connectivity index (χ0n) is 16.4. The van der Waals surface area contributed by atoms with Gasteiger partial charge in [-0.15, -0.1) is 35.7 Å². The van der Waals surface area contributed by atoms with E-state index in [9.17, 15) is 0 Å². The summed E-state index contributed by atoms with van der Waals surface area (Å²) < 4.78 is 0. The van der Waals surface area contributed by atoms with E-state index >= 15 is 0 Å². The number of nitrogens with zero attached hydrogens (tertiary/aromatic N) is 3. The Kier molecular flexibility index (Phi) is 10.5. The molecule has 152 valence electrons. The molecule has 0 aliphatic carbocycles. The van der Waals surface area contributed by atoms with Crippen molar-refractivity contribution < 1.29 is 0 Å². The van der Waals surface area contributed by atoms with Crippen LogP contribution in [0.5, 0.6) is 0 Å². The Hall–Kier alpha value is -1.48. The number of anilines is 1. The lowest BCUT2D eigenvalue weighted by Crippen LogP contribution is -2.38. The van der Waals surface area contributed by atoms with E-state index in [1.807, 2.05) is 24.0 Å².